The average molecular weight is 254 g/mol. The third kappa shape index (κ3) is 5.38. The van der Waals surface area contributed by atoms with Gasteiger partial charge in [-0.1, -0.05) is 19.8 Å². The summed E-state index contributed by atoms with van der Waals surface area (Å²) >= 11 is 0. The Hall–Kier alpha value is -0.570. The molecule has 0 radical (unpaired) electrons. The fraction of sp³-hybridized carbons (Fsp3) is 0.933. The van der Waals surface area contributed by atoms with E-state index in [-0.39, 0.29) is 0 Å². The van der Waals surface area contributed by atoms with E-state index in [1.54, 1.807) is 0 Å². The number of hydrogen-bond acceptors (Lipinski definition) is 2. The Morgan fingerprint density at radius 1 is 1.44 bits per heavy atom. The summed E-state index contributed by atoms with van der Waals surface area (Å²) < 4.78 is 0. The minimum absolute atomic E-state index is 0.380. The van der Waals surface area contributed by atoms with E-state index in [0.29, 0.717) is 11.9 Å². The second-order valence-corrected chi connectivity index (χ2v) is 5.69. The molecule has 0 aromatic heterocycles. The lowest BCUT2D eigenvalue weighted by atomic mass is 9.96. The molecule has 3 heteroatoms. The first-order valence-electron chi connectivity index (χ1n) is 7.62. The molecule has 1 fully saturated rings. The van der Waals surface area contributed by atoms with Gasteiger partial charge >= 0.3 is 0 Å². The van der Waals surface area contributed by atoms with Gasteiger partial charge in [0.1, 0.15) is 0 Å². The second-order valence-electron chi connectivity index (χ2n) is 5.69. The molecule has 1 aliphatic rings. The summed E-state index contributed by atoms with van der Waals surface area (Å²) in [6.45, 7) is 6.37. The molecule has 0 saturated carbocycles. The lowest BCUT2D eigenvalue weighted by Crippen LogP contribution is -2.32. The molecule has 1 rings (SSSR count). The molecule has 0 aliphatic carbocycles. The predicted molar refractivity (Wildman–Crippen MR) is 76.6 cm³/mol. The van der Waals surface area contributed by atoms with Gasteiger partial charge in [0, 0.05) is 25.6 Å². The van der Waals surface area contributed by atoms with Crippen LogP contribution in [0.5, 0.6) is 0 Å². The minimum atomic E-state index is 0.380. The monoisotopic (exact) mass is 254 g/mol. The van der Waals surface area contributed by atoms with Crippen LogP contribution in [-0.4, -0.2) is 37.0 Å². The third-order valence-corrected chi connectivity index (χ3v) is 4.18. The maximum atomic E-state index is 12.0. The van der Waals surface area contributed by atoms with Crippen molar-refractivity contribution >= 4 is 5.91 Å². The molecule has 3 nitrogen and oxygen atoms in total. The van der Waals surface area contributed by atoms with E-state index in [9.17, 15) is 4.79 Å². The lowest BCUT2D eigenvalue weighted by molar-refractivity contribution is -0.130. The number of rotatable bonds is 7. The van der Waals surface area contributed by atoms with Crippen LogP contribution in [0, 0.1) is 5.92 Å². The van der Waals surface area contributed by atoms with Crippen molar-refractivity contribution in [2.75, 3.05) is 20.1 Å². The summed E-state index contributed by atoms with van der Waals surface area (Å²) in [7, 11) is 2.00. The fourth-order valence-electron chi connectivity index (χ4n) is 2.76. The van der Waals surface area contributed by atoms with E-state index >= 15 is 0 Å². The molecule has 1 heterocycles. The first-order valence-corrected chi connectivity index (χ1v) is 7.62. The summed E-state index contributed by atoms with van der Waals surface area (Å²) in [5, 5.41) is 3.25. The van der Waals surface area contributed by atoms with E-state index < -0.39 is 0 Å². The van der Waals surface area contributed by atoms with Crippen LogP contribution in [0.2, 0.25) is 0 Å². The van der Waals surface area contributed by atoms with Crippen molar-refractivity contribution < 1.29 is 4.79 Å². The maximum Gasteiger partial charge on any atom is 0.222 e. The van der Waals surface area contributed by atoms with Crippen LogP contribution in [-0.2, 0) is 4.79 Å². The van der Waals surface area contributed by atoms with Crippen molar-refractivity contribution in [1.82, 2.24) is 10.2 Å². The van der Waals surface area contributed by atoms with Crippen LogP contribution in [0.1, 0.15) is 58.8 Å². The molecular weight excluding hydrogens is 224 g/mol. The van der Waals surface area contributed by atoms with Crippen LogP contribution >= 0.6 is 0 Å². The minimum Gasteiger partial charge on any atom is -0.343 e. The van der Waals surface area contributed by atoms with Gasteiger partial charge in [0.25, 0.3) is 0 Å². The molecular formula is C15H30N2O. The highest BCUT2D eigenvalue weighted by atomic mass is 16.2. The van der Waals surface area contributed by atoms with Gasteiger partial charge in [-0.3, -0.25) is 4.79 Å². The number of amides is 1. The van der Waals surface area contributed by atoms with E-state index in [2.05, 4.69) is 24.1 Å². The normalized spacial score (nSPS) is 22.9. The molecule has 18 heavy (non-hydrogen) atoms. The van der Waals surface area contributed by atoms with Crippen LogP contribution in [0.15, 0.2) is 0 Å². The Balaban J connectivity index is 2.29. The van der Waals surface area contributed by atoms with Gasteiger partial charge in [-0.2, -0.15) is 0 Å². The zero-order valence-corrected chi connectivity index (χ0v) is 12.4. The molecule has 2 unspecified atom stereocenters. The number of likely N-dealkylation sites (tertiary alicyclic amines) is 1. The SMILES string of the molecule is CCCC1CCC(=O)N(CCCC(C)NC)CC1. The number of carbonyl (C=O) groups excluding carboxylic acids is 1. The van der Waals surface area contributed by atoms with Crippen molar-refractivity contribution in [2.24, 2.45) is 5.92 Å². The first kappa shape index (κ1) is 15.5. The first-order chi connectivity index (χ1) is 8.67. The topological polar surface area (TPSA) is 32.3 Å². The Morgan fingerprint density at radius 2 is 2.22 bits per heavy atom. The molecule has 1 N–H and O–H groups in total. The van der Waals surface area contributed by atoms with Gasteiger partial charge in [0.15, 0.2) is 0 Å². The molecule has 0 bridgehead atoms. The smallest absolute Gasteiger partial charge is 0.222 e. The highest BCUT2D eigenvalue weighted by Crippen LogP contribution is 2.22. The summed E-state index contributed by atoms with van der Waals surface area (Å²) in [4.78, 5) is 14.1. The molecule has 0 spiro atoms. The Morgan fingerprint density at radius 3 is 2.89 bits per heavy atom. The molecule has 0 aromatic carbocycles. The Kier molecular flexibility index (Phi) is 7.33. The maximum absolute atomic E-state index is 12.0. The van der Waals surface area contributed by atoms with Gasteiger partial charge in [-0.05, 0) is 45.6 Å². The van der Waals surface area contributed by atoms with Gasteiger partial charge in [0.05, 0.1) is 0 Å². The Labute approximate surface area is 112 Å². The van der Waals surface area contributed by atoms with Gasteiger partial charge in [0.2, 0.25) is 5.91 Å². The number of hydrogen-bond donors (Lipinski definition) is 1. The van der Waals surface area contributed by atoms with Gasteiger partial charge in [-0.25, -0.2) is 0 Å². The summed E-state index contributed by atoms with van der Waals surface area (Å²) in [6.07, 6.45) is 7.89. The Bertz CT molecular complexity index is 243. The van der Waals surface area contributed by atoms with Crippen LogP contribution < -0.4 is 5.32 Å². The number of carbonyl (C=O) groups is 1. The molecule has 0 aromatic rings. The van der Waals surface area contributed by atoms with Gasteiger partial charge < -0.3 is 10.2 Å². The van der Waals surface area contributed by atoms with Crippen LogP contribution in [0.4, 0.5) is 0 Å². The lowest BCUT2D eigenvalue weighted by Gasteiger charge is -2.21. The van der Waals surface area contributed by atoms with E-state index in [1.165, 1.54) is 19.3 Å². The van der Waals surface area contributed by atoms with Crippen molar-refractivity contribution in [3.63, 3.8) is 0 Å². The molecule has 1 aliphatic heterocycles. The largest absolute Gasteiger partial charge is 0.343 e. The molecule has 106 valence electrons. The molecule has 2 atom stereocenters. The van der Waals surface area contributed by atoms with E-state index in [4.69, 9.17) is 0 Å². The number of nitrogens with one attached hydrogen (secondary N) is 1. The zero-order chi connectivity index (χ0) is 13.4. The van der Waals surface area contributed by atoms with Crippen LogP contribution in [0.25, 0.3) is 0 Å². The molecule has 1 saturated heterocycles. The number of nitrogens with zero attached hydrogens (tertiary/aromatic N) is 1. The standard InChI is InChI=1S/C15H30N2O/c1-4-6-14-8-9-15(18)17(12-10-14)11-5-7-13(2)16-3/h13-14,16H,4-12H2,1-3H3. The van der Waals surface area contributed by atoms with E-state index in [1.807, 2.05) is 7.05 Å². The fourth-order valence-corrected chi connectivity index (χ4v) is 2.76. The summed E-state index contributed by atoms with van der Waals surface area (Å²) in [5.74, 6) is 1.16. The summed E-state index contributed by atoms with van der Waals surface area (Å²) in [6, 6.07) is 0.555. The quantitative estimate of drug-likeness (QED) is 0.757. The van der Waals surface area contributed by atoms with Crippen molar-refractivity contribution in [3.05, 3.63) is 0 Å². The van der Waals surface area contributed by atoms with E-state index in [0.717, 1.165) is 44.7 Å². The predicted octanol–water partition coefficient (Wildman–Crippen LogP) is 2.80. The second kappa shape index (κ2) is 8.52. The average Bonchev–Trinajstić information content (AvgIpc) is 2.54. The van der Waals surface area contributed by atoms with Crippen molar-refractivity contribution in [3.8, 4) is 0 Å². The highest BCUT2D eigenvalue weighted by molar-refractivity contribution is 5.76. The zero-order valence-electron chi connectivity index (χ0n) is 12.4. The van der Waals surface area contributed by atoms with Crippen molar-refractivity contribution in [2.45, 2.75) is 64.8 Å². The third-order valence-electron chi connectivity index (χ3n) is 4.18. The van der Waals surface area contributed by atoms with Crippen LogP contribution in [0.3, 0.4) is 0 Å². The summed E-state index contributed by atoms with van der Waals surface area (Å²) in [5.41, 5.74) is 0. The van der Waals surface area contributed by atoms with Crippen molar-refractivity contribution in [1.29, 1.82) is 0 Å². The highest BCUT2D eigenvalue weighted by Gasteiger charge is 2.21. The van der Waals surface area contributed by atoms with Gasteiger partial charge in [-0.15, -0.1) is 0 Å². The molecule has 1 amide bonds.